The van der Waals surface area contributed by atoms with E-state index < -0.39 is 41.1 Å². The minimum Gasteiger partial charge on any atom is -0.448 e. The Labute approximate surface area is 208 Å². The number of β-lactam (4-membered cyclic amide) rings is 1. The van der Waals surface area contributed by atoms with E-state index in [2.05, 4.69) is 5.32 Å². The number of thioether (sulfide) groups is 1. The second-order valence-electron chi connectivity index (χ2n) is 9.25. The Morgan fingerprint density at radius 1 is 1.09 bits per heavy atom. The zero-order valence-corrected chi connectivity index (χ0v) is 20.6. The number of nitrogens with zero attached hydrogens (tertiary/aromatic N) is 1. The summed E-state index contributed by atoms with van der Waals surface area (Å²) in [6.45, 7) is 4.81. The maximum absolute atomic E-state index is 13.5. The quantitative estimate of drug-likeness (QED) is 0.467. The first-order valence-corrected chi connectivity index (χ1v) is 12.3. The summed E-state index contributed by atoms with van der Waals surface area (Å²) in [6, 6.07) is 17.8. The molecule has 9 heteroatoms. The van der Waals surface area contributed by atoms with Crippen LogP contribution in [0.4, 0.5) is 4.79 Å². The Bertz CT molecular complexity index is 1090. The van der Waals surface area contributed by atoms with E-state index in [4.69, 9.17) is 9.47 Å². The lowest BCUT2D eigenvalue weighted by atomic mass is 10.0. The van der Waals surface area contributed by atoms with E-state index in [1.165, 1.54) is 16.7 Å². The first-order chi connectivity index (χ1) is 16.7. The number of nitrogens with one attached hydrogen (secondary N) is 1. The van der Waals surface area contributed by atoms with Crippen LogP contribution in [0.25, 0.3) is 0 Å². The van der Waals surface area contributed by atoms with Crippen molar-refractivity contribution in [3.05, 3.63) is 83.1 Å². The summed E-state index contributed by atoms with van der Waals surface area (Å²) in [5.74, 6) is -0.841. The molecule has 8 nitrogen and oxygen atoms in total. The number of carbonyl (C=O) groups is 3. The van der Waals surface area contributed by atoms with Crippen LogP contribution in [-0.4, -0.2) is 57.4 Å². The molecule has 0 bridgehead atoms. The predicted octanol–water partition coefficient (Wildman–Crippen LogP) is 3.37. The average molecular weight is 497 g/mol. The number of fused-ring (bicyclic) bond motifs is 1. The third-order valence-electron chi connectivity index (χ3n) is 5.53. The fraction of sp³-hybridized carbons (Fsp3) is 0.346. The summed E-state index contributed by atoms with van der Waals surface area (Å²) in [5.41, 5.74) is 1.28. The van der Waals surface area contributed by atoms with Crippen LogP contribution in [0.5, 0.6) is 0 Å². The summed E-state index contributed by atoms with van der Waals surface area (Å²) < 4.78 is 11.2. The molecule has 0 spiro atoms. The number of ether oxygens (including phenoxy) is 2. The van der Waals surface area contributed by atoms with Crippen LogP contribution < -0.4 is 5.32 Å². The maximum Gasteiger partial charge on any atom is 0.408 e. The Morgan fingerprint density at radius 2 is 1.66 bits per heavy atom. The lowest BCUT2D eigenvalue weighted by Crippen LogP contribution is -2.70. The van der Waals surface area contributed by atoms with Crippen molar-refractivity contribution >= 4 is 29.7 Å². The van der Waals surface area contributed by atoms with E-state index in [9.17, 15) is 19.5 Å². The second kappa shape index (κ2) is 10.1. The molecule has 2 aliphatic rings. The van der Waals surface area contributed by atoms with Gasteiger partial charge in [0.25, 0.3) is 5.91 Å². The Balaban J connectivity index is 1.57. The van der Waals surface area contributed by atoms with Crippen molar-refractivity contribution in [2.24, 2.45) is 0 Å². The van der Waals surface area contributed by atoms with Gasteiger partial charge in [-0.1, -0.05) is 60.7 Å². The normalized spacial score (nSPS) is 19.7. The molecule has 1 unspecified atom stereocenters. The van der Waals surface area contributed by atoms with E-state index in [-0.39, 0.29) is 12.3 Å². The van der Waals surface area contributed by atoms with Gasteiger partial charge in [-0.3, -0.25) is 9.69 Å². The van der Waals surface area contributed by atoms with E-state index in [0.29, 0.717) is 11.3 Å². The molecule has 2 aliphatic heterocycles. The minimum atomic E-state index is -0.836. The second-order valence-corrected chi connectivity index (χ2v) is 10.4. The van der Waals surface area contributed by atoms with Gasteiger partial charge in [0.2, 0.25) is 0 Å². The van der Waals surface area contributed by atoms with Gasteiger partial charge in [0, 0.05) is 5.75 Å². The van der Waals surface area contributed by atoms with E-state index >= 15 is 0 Å². The fourth-order valence-electron chi connectivity index (χ4n) is 3.97. The molecule has 2 aromatic carbocycles. The summed E-state index contributed by atoms with van der Waals surface area (Å²) >= 11 is 1.36. The van der Waals surface area contributed by atoms with Gasteiger partial charge in [-0.15, -0.1) is 11.8 Å². The zero-order valence-electron chi connectivity index (χ0n) is 19.8. The van der Waals surface area contributed by atoms with Crippen molar-refractivity contribution in [2.45, 2.75) is 43.9 Å². The van der Waals surface area contributed by atoms with Gasteiger partial charge in [-0.25, -0.2) is 9.59 Å². The maximum atomic E-state index is 13.5. The van der Waals surface area contributed by atoms with Crippen LogP contribution in [0, 0.1) is 0 Å². The van der Waals surface area contributed by atoms with Crippen LogP contribution >= 0.6 is 11.8 Å². The van der Waals surface area contributed by atoms with Crippen molar-refractivity contribution in [2.75, 3.05) is 12.4 Å². The highest BCUT2D eigenvalue weighted by molar-refractivity contribution is 8.00. The molecule has 2 atom stereocenters. The highest BCUT2D eigenvalue weighted by atomic mass is 32.2. The van der Waals surface area contributed by atoms with Crippen molar-refractivity contribution in [3.8, 4) is 0 Å². The first-order valence-electron chi connectivity index (χ1n) is 11.3. The van der Waals surface area contributed by atoms with Gasteiger partial charge in [0.05, 0.1) is 6.61 Å². The standard InChI is InChI=1S/C26H28N2O6S/c1-26(2,3)34-25(32)27-19-22(30)28-20(18(14-29)15-35-23(19)28)24(31)33-21(16-10-6-4-7-11-16)17-12-8-5-9-13-17/h4-13,19,21,23,29H,14-15H2,1-3H3,(H,27,32)/t19?,23-/m1/s1. The molecule has 0 radical (unpaired) electrons. The molecule has 2 N–H and O–H groups in total. The van der Waals surface area contributed by atoms with Gasteiger partial charge in [-0.05, 0) is 37.5 Å². The summed E-state index contributed by atoms with van der Waals surface area (Å²) in [4.78, 5) is 40.0. The van der Waals surface area contributed by atoms with Crippen LogP contribution in [0.1, 0.15) is 38.0 Å². The molecule has 0 aromatic heterocycles. The number of amides is 2. The highest BCUT2D eigenvalue weighted by Gasteiger charge is 2.55. The minimum absolute atomic E-state index is 0.0281. The van der Waals surface area contributed by atoms with Crippen LogP contribution in [0.3, 0.4) is 0 Å². The van der Waals surface area contributed by atoms with Gasteiger partial charge < -0.3 is 19.9 Å². The van der Waals surface area contributed by atoms with Crippen molar-refractivity contribution in [3.63, 3.8) is 0 Å². The molecule has 2 amide bonds. The molecule has 4 rings (SSSR count). The Kier molecular flexibility index (Phi) is 7.18. The lowest BCUT2D eigenvalue weighted by Gasteiger charge is -2.49. The molecule has 184 valence electrons. The van der Waals surface area contributed by atoms with Crippen LogP contribution in [-0.2, 0) is 19.1 Å². The zero-order chi connectivity index (χ0) is 25.2. The van der Waals surface area contributed by atoms with E-state index in [0.717, 1.165) is 11.1 Å². The molecule has 2 heterocycles. The van der Waals surface area contributed by atoms with E-state index in [1.54, 1.807) is 20.8 Å². The Hall–Kier alpha value is -3.30. The molecule has 2 aromatic rings. The molecule has 0 saturated carbocycles. The summed E-state index contributed by atoms with van der Waals surface area (Å²) in [5, 5.41) is 12.0. The van der Waals surface area contributed by atoms with Gasteiger partial charge in [0.1, 0.15) is 22.7 Å². The topological polar surface area (TPSA) is 105 Å². The average Bonchev–Trinajstić information content (AvgIpc) is 2.84. The molecular formula is C26H28N2O6S. The number of carbonyl (C=O) groups excluding carboxylic acids is 3. The van der Waals surface area contributed by atoms with Gasteiger partial charge >= 0.3 is 12.1 Å². The number of aliphatic hydroxyl groups is 1. The number of alkyl carbamates (subject to hydrolysis) is 1. The van der Waals surface area contributed by atoms with Crippen LogP contribution in [0.15, 0.2) is 71.9 Å². The van der Waals surface area contributed by atoms with Crippen molar-refractivity contribution in [1.29, 1.82) is 0 Å². The summed E-state index contributed by atoms with van der Waals surface area (Å²) in [7, 11) is 0. The monoisotopic (exact) mass is 496 g/mol. The van der Waals surface area contributed by atoms with Gasteiger partial charge in [0.15, 0.2) is 6.10 Å². The molecule has 0 aliphatic carbocycles. The lowest BCUT2D eigenvalue weighted by molar-refractivity contribution is -0.153. The van der Waals surface area contributed by atoms with Crippen LogP contribution in [0.2, 0.25) is 0 Å². The first kappa shape index (κ1) is 24.8. The number of rotatable bonds is 6. The van der Waals surface area contributed by atoms with E-state index in [1.807, 2.05) is 60.7 Å². The number of aliphatic hydroxyl groups excluding tert-OH is 1. The third-order valence-corrected chi connectivity index (χ3v) is 6.87. The van der Waals surface area contributed by atoms with Crippen molar-refractivity contribution in [1.82, 2.24) is 10.2 Å². The molecular weight excluding hydrogens is 468 g/mol. The summed E-state index contributed by atoms with van der Waals surface area (Å²) in [6.07, 6.45) is -1.40. The fourth-order valence-corrected chi connectivity index (χ4v) is 5.31. The smallest absolute Gasteiger partial charge is 0.408 e. The SMILES string of the molecule is CC(C)(C)OC(=O)NC1C(=O)N2C(C(=O)OC(c3ccccc3)c3ccccc3)=C(CO)CS[C@H]12. The number of hydrogen-bond donors (Lipinski definition) is 2. The van der Waals surface area contributed by atoms with Crippen molar-refractivity contribution < 1.29 is 29.0 Å². The molecule has 35 heavy (non-hydrogen) atoms. The number of esters is 1. The largest absolute Gasteiger partial charge is 0.448 e. The number of benzene rings is 2. The Morgan fingerprint density at radius 3 is 2.17 bits per heavy atom. The molecule has 1 saturated heterocycles. The van der Waals surface area contributed by atoms with Gasteiger partial charge in [-0.2, -0.15) is 0 Å². The highest BCUT2D eigenvalue weighted by Crippen LogP contribution is 2.41. The third kappa shape index (κ3) is 5.36. The number of hydrogen-bond acceptors (Lipinski definition) is 7. The predicted molar refractivity (Wildman–Crippen MR) is 131 cm³/mol. The molecule has 1 fully saturated rings.